The Morgan fingerprint density at radius 1 is 1.20 bits per heavy atom. The molecular weight excluding hydrogens is 578 g/mol. The van der Waals surface area contributed by atoms with Crippen LogP contribution >= 0.6 is 55.1 Å². The van der Waals surface area contributed by atoms with Gasteiger partial charge in [-0.25, -0.2) is 0 Å². The van der Waals surface area contributed by atoms with Gasteiger partial charge in [0, 0.05) is 6.20 Å². The molecule has 0 saturated heterocycles. The van der Waals surface area contributed by atoms with E-state index in [1.165, 1.54) is 6.92 Å². The SMILES string of the molecule is Cc1c(Br)c(C(F)(F)F)nn1CC(=O)Nc1nn(Cc2ccc(Cl)c(Cl)c2)cc1Br. The van der Waals surface area contributed by atoms with Gasteiger partial charge in [-0.2, -0.15) is 23.4 Å². The lowest BCUT2D eigenvalue weighted by molar-refractivity contribution is -0.142. The molecule has 0 unspecified atom stereocenters. The third kappa shape index (κ3) is 5.19. The molecule has 0 aliphatic heterocycles. The summed E-state index contributed by atoms with van der Waals surface area (Å²) >= 11 is 18.1. The first-order chi connectivity index (χ1) is 14.0. The van der Waals surface area contributed by atoms with Crippen LogP contribution in [-0.2, 0) is 24.1 Å². The Morgan fingerprint density at radius 3 is 2.50 bits per heavy atom. The zero-order valence-electron chi connectivity index (χ0n) is 15.1. The van der Waals surface area contributed by atoms with Crippen LogP contribution in [0.2, 0.25) is 10.0 Å². The second kappa shape index (κ2) is 8.89. The molecule has 1 aromatic carbocycles. The second-order valence-electron chi connectivity index (χ2n) is 6.22. The molecule has 30 heavy (non-hydrogen) atoms. The van der Waals surface area contributed by atoms with E-state index in [0.29, 0.717) is 21.1 Å². The number of carbonyl (C=O) groups excluding carboxylic acids is 1. The Labute approximate surface area is 195 Å². The monoisotopic (exact) mass is 587 g/mol. The average molecular weight is 590 g/mol. The third-order valence-corrected chi connectivity index (χ3v) is 6.27. The molecule has 0 saturated carbocycles. The van der Waals surface area contributed by atoms with Crippen molar-refractivity contribution >= 4 is 66.8 Å². The summed E-state index contributed by atoms with van der Waals surface area (Å²) in [5, 5.41) is 11.2. The van der Waals surface area contributed by atoms with Crippen molar-refractivity contribution in [3.8, 4) is 0 Å². The Hall–Kier alpha value is -1.56. The fraction of sp³-hybridized carbons (Fsp3) is 0.235. The maximum atomic E-state index is 13.0. The first kappa shape index (κ1) is 23.1. The number of hydrogen-bond donors (Lipinski definition) is 1. The number of hydrogen-bond acceptors (Lipinski definition) is 3. The van der Waals surface area contributed by atoms with Gasteiger partial charge in [-0.3, -0.25) is 14.2 Å². The van der Waals surface area contributed by atoms with E-state index in [2.05, 4.69) is 47.4 Å². The van der Waals surface area contributed by atoms with E-state index in [-0.39, 0.29) is 16.0 Å². The Morgan fingerprint density at radius 2 is 1.90 bits per heavy atom. The van der Waals surface area contributed by atoms with Crippen LogP contribution in [0.5, 0.6) is 0 Å². The summed E-state index contributed by atoms with van der Waals surface area (Å²) in [6, 6.07) is 5.16. The minimum atomic E-state index is -4.63. The molecule has 0 radical (unpaired) electrons. The van der Waals surface area contributed by atoms with Gasteiger partial charge in [0.25, 0.3) is 0 Å². The van der Waals surface area contributed by atoms with Gasteiger partial charge in [-0.1, -0.05) is 29.3 Å². The van der Waals surface area contributed by atoms with Crippen molar-refractivity contribution in [1.82, 2.24) is 19.6 Å². The molecule has 13 heteroatoms. The van der Waals surface area contributed by atoms with E-state index in [0.717, 1.165) is 10.2 Å². The Balaban J connectivity index is 1.71. The van der Waals surface area contributed by atoms with E-state index in [1.807, 2.05) is 0 Å². The summed E-state index contributed by atoms with van der Waals surface area (Å²) in [5.41, 5.74) is -0.0597. The van der Waals surface area contributed by atoms with Crippen LogP contribution in [0.4, 0.5) is 19.0 Å². The number of benzene rings is 1. The largest absolute Gasteiger partial charge is 0.436 e. The summed E-state index contributed by atoms with van der Waals surface area (Å²) in [5.74, 6) is -0.359. The quantitative estimate of drug-likeness (QED) is 0.402. The number of aromatic nitrogens is 4. The van der Waals surface area contributed by atoms with Crippen molar-refractivity contribution in [3.63, 3.8) is 0 Å². The van der Waals surface area contributed by atoms with E-state index in [4.69, 9.17) is 23.2 Å². The molecule has 0 fully saturated rings. The van der Waals surface area contributed by atoms with Crippen LogP contribution in [0.3, 0.4) is 0 Å². The molecule has 0 atom stereocenters. The lowest BCUT2D eigenvalue weighted by Crippen LogP contribution is -2.21. The van der Waals surface area contributed by atoms with Crippen molar-refractivity contribution in [2.24, 2.45) is 0 Å². The molecule has 1 amide bonds. The van der Waals surface area contributed by atoms with Crippen LogP contribution in [0.15, 0.2) is 33.3 Å². The first-order valence-electron chi connectivity index (χ1n) is 8.22. The highest BCUT2D eigenvalue weighted by molar-refractivity contribution is 9.11. The highest BCUT2D eigenvalue weighted by atomic mass is 79.9. The van der Waals surface area contributed by atoms with Gasteiger partial charge in [0.2, 0.25) is 5.91 Å². The predicted octanol–water partition coefficient (Wildman–Crippen LogP) is 5.93. The molecular formula is C17H12Br2Cl2F3N5O. The van der Waals surface area contributed by atoms with Crippen LogP contribution in [-0.4, -0.2) is 25.5 Å². The van der Waals surface area contributed by atoms with Gasteiger partial charge in [0.05, 0.1) is 31.2 Å². The van der Waals surface area contributed by atoms with E-state index >= 15 is 0 Å². The van der Waals surface area contributed by atoms with E-state index in [9.17, 15) is 18.0 Å². The molecule has 0 aliphatic rings. The van der Waals surface area contributed by atoms with Crippen LogP contribution in [0, 0.1) is 6.92 Å². The topological polar surface area (TPSA) is 64.7 Å². The minimum absolute atomic E-state index is 0.182. The summed E-state index contributed by atoms with van der Waals surface area (Å²) in [4.78, 5) is 12.3. The van der Waals surface area contributed by atoms with Gasteiger partial charge in [-0.05, 0) is 56.5 Å². The van der Waals surface area contributed by atoms with Crippen molar-refractivity contribution in [1.29, 1.82) is 0 Å². The standard InChI is InChI=1S/C17H12Br2Cl2F3N5O/c1-8-14(19)15(17(22,23)24)26-29(8)7-13(30)25-16-10(18)6-28(27-16)5-9-2-3-11(20)12(21)4-9/h2-4,6H,5,7H2,1H3,(H,25,27,30). The summed E-state index contributed by atoms with van der Waals surface area (Å²) in [6.45, 7) is 1.39. The van der Waals surface area contributed by atoms with Crippen LogP contribution in [0.25, 0.3) is 0 Å². The number of carbonyl (C=O) groups is 1. The van der Waals surface area contributed by atoms with Gasteiger partial charge < -0.3 is 5.32 Å². The molecule has 2 heterocycles. The Bertz CT molecular complexity index is 1110. The molecule has 6 nitrogen and oxygen atoms in total. The predicted molar refractivity (Wildman–Crippen MR) is 114 cm³/mol. The number of alkyl halides is 3. The summed E-state index contributed by atoms with van der Waals surface area (Å²) in [7, 11) is 0. The van der Waals surface area contributed by atoms with E-state index in [1.54, 1.807) is 29.1 Å². The molecule has 1 N–H and O–H groups in total. The van der Waals surface area contributed by atoms with Crippen molar-refractivity contribution in [2.75, 3.05) is 5.32 Å². The zero-order chi connectivity index (χ0) is 22.2. The molecule has 0 bridgehead atoms. The molecule has 2 aromatic heterocycles. The number of anilines is 1. The lowest BCUT2D eigenvalue weighted by atomic mass is 10.2. The van der Waals surface area contributed by atoms with Gasteiger partial charge in [0.1, 0.15) is 6.54 Å². The highest BCUT2D eigenvalue weighted by Crippen LogP contribution is 2.35. The fourth-order valence-corrected chi connectivity index (χ4v) is 3.80. The normalized spacial score (nSPS) is 11.7. The van der Waals surface area contributed by atoms with Gasteiger partial charge in [0.15, 0.2) is 11.5 Å². The van der Waals surface area contributed by atoms with Crippen molar-refractivity contribution < 1.29 is 18.0 Å². The van der Waals surface area contributed by atoms with Gasteiger partial charge >= 0.3 is 6.18 Å². The third-order valence-electron chi connectivity index (χ3n) is 4.00. The summed E-state index contributed by atoms with van der Waals surface area (Å²) < 4.78 is 41.7. The number of amides is 1. The second-order valence-corrected chi connectivity index (χ2v) is 8.69. The molecule has 0 aliphatic carbocycles. The minimum Gasteiger partial charge on any atom is -0.307 e. The number of halogens is 7. The zero-order valence-corrected chi connectivity index (χ0v) is 19.8. The fourth-order valence-electron chi connectivity index (χ4n) is 2.55. The van der Waals surface area contributed by atoms with Crippen LogP contribution in [0.1, 0.15) is 17.0 Å². The maximum absolute atomic E-state index is 13.0. The van der Waals surface area contributed by atoms with Crippen molar-refractivity contribution in [3.05, 3.63) is 60.3 Å². The number of nitrogens with zero attached hydrogens (tertiary/aromatic N) is 4. The number of rotatable bonds is 5. The first-order valence-corrected chi connectivity index (χ1v) is 10.6. The summed E-state index contributed by atoms with van der Waals surface area (Å²) in [6.07, 6.45) is -2.98. The molecule has 160 valence electrons. The van der Waals surface area contributed by atoms with Crippen LogP contribution < -0.4 is 5.32 Å². The van der Waals surface area contributed by atoms with Gasteiger partial charge in [-0.15, -0.1) is 0 Å². The highest BCUT2D eigenvalue weighted by Gasteiger charge is 2.38. The van der Waals surface area contributed by atoms with E-state index < -0.39 is 24.3 Å². The molecule has 3 aromatic rings. The number of nitrogens with one attached hydrogen (secondary N) is 1. The van der Waals surface area contributed by atoms with Crippen molar-refractivity contribution in [2.45, 2.75) is 26.2 Å². The average Bonchev–Trinajstić information content (AvgIpc) is 3.12. The lowest BCUT2D eigenvalue weighted by Gasteiger charge is -2.06. The molecule has 0 spiro atoms. The Kier molecular flexibility index (Phi) is 6.85. The molecule has 3 rings (SSSR count). The maximum Gasteiger partial charge on any atom is 0.436 e. The smallest absolute Gasteiger partial charge is 0.307 e.